The third-order valence-corrected chi connectivity index (χ3v) is 4.00. The lowest BCUT2D eigenvalue weighted by Gasteiger charge is -2.13. The number of methoxy groups -OCH3 is 1. The summed E-state index contributed by atoms with van der Waals surface area (Å²) >= 11 is 6.02. The average molecular weight is 378 g/mol. The Morgan fingerprint density at radius 1 is 1.27 bits per heavy atom. The number of carbonyl (C=O) groups is 1. The Hall–Kier alpha value is -2.44. The van der Waals surface area contributed by atoms with Crippen molar-refractivity contribution in [1.82, 2.24) is 4.90 Å². The number of nitrogen functional groups attached to an aromatic ring is 1. The molecule has 0 heterocycles. The summed E-state index contributed by atoms with van der Waals surface area (Å²) in [6, 6.07) is 10.3. The number of nitrogens with two attached hydrogens (primary N) is 1. The number of carbonyl (C=O) groups excluding carboxylic acids is 1. The Bertz CT molecular complexity index is 766. The normalized spacial score (nSPS) is 10.7. The molecule has 26 heavy (non-hydrogen) atoms. The Morgan fingerprint density at radius 3 is 2.73 bits per heavy atom. The highest BCUT2D eigenvalue weighted by Gasteiger charge is 2.15. The van der Waals surface area contributed by atoms with Crippen LogP contribution in [0, 0.1) is 0 Å². The van der Waals surface area contributed by atoms with Crippen LogP contribution in [0.1, 0.15) is 16.8 Å². The molecule has 0 saturated carbocycles. The van der Waals surface area contributed by atoms with Crippen LogP contribution in [0.4, 0.5) is 11.4 Å². The lowest BCUT2D eigenvalue weighted by molar-refractivity contribution is 0.102. The summed E-state index contributed by atoms with van der Waals surface area (Å²) in [6.45, 7) is 1.56. The molecule has 2 rings (SSSR count). The number of benzene rings is 2. The molecule has 0 saturated heterocycles. The standard InChI is InChI=1S/C19H24ClN3O3/c1-23(2)8-5-9-26-14-7-4-6-13(10-14)22-19(24)15-11-16(20)17(21)12-18(15)25-3/h4,6-7,10-12H,5,8-9,21H2,1-3H3,(H,22,24). The third kappa shape index (κ3) is 5.54. The van der Waals surface area contributed by atoms with E-state index in [-0.39, 0.29) is 5.91 Å². The average Bonchev–Trinajstić information content (AvgIpc) is 2.60. The molecule has 0 fully saturated rings. The SMILES string of the molecule is COc1cc(N)c(Cl)cc1C(=O)Nc1cccc(OCCCN(C)C)c1. The Kier molecular flexibility index (Phi) is 7.12. The van der Waals surface area contributed by atoms with Crippen LogP contribution in [0.15, 0.2) is 36.4 Å². The number of ether oxygens (including phenoxy) is 2. The fourth-order valence-electron chi connectivity index (χ4n) is 2.35. The van der Waals surface area contributed by atoms with Gasteiger partial charge >= 0.3 is 0 Å². The predicted octanol–water partition coefficient (Wildman–Crippen LogP) is 3.51. The highest BCUT2D eigenvalue weighted by molar-refractivity contribution is 6.33. The number of amides is 1. The van der Waals surface area contributed by atoms with Gasteiger partial charge in [-0.15, -0.1) is 0 Å². The van der Waals surface area contributed by atoms with Crippen molar-refractivity contribution in [3.63, 3.8) is 0 Å². The van der Waals surface area contributed by atoms with Crippen LogP contribution in [0.25, 0.3) is 0 Å². The molecular weight excluding hydrogens is 354 g/mol. The van der Waals surface area contributed by atoms with E-state index in [2.05, 4.69) is 10.2 Å². The minimum absolute atomic E-state index is 0.300. The van der Waals surface area contributed by atoms with Gasteiger partial charge in [-0.2, -0.15) is 0 Å². The largest absolute Gasteiger partial charge is 0.496 e. The van der Waals surface area contributed by atoms with Gasteiger partial charge in [0.25, 0.3) is 5.91 Å². The first kappa shape index (κ1) is 19.9. The highest BCUT2D eigenvalue weighted by atomic mass is 35.5. The van der Waals surface area contributed by atoms with Gasteiger partial charge in [-0.3, -0.25) is 4.79 Å². The molecular formula is C19H24ClN3O3. The molecule has 0 spiro atoms. The molecule has 0 aromatic heterocycles. The number of halogens is 1. The monoisotopic (exact) mass is 377 g/mol. The van der Waals surface area contributed by atoms with Crippen LogP contribution < -0.4 is 20.5 Å². The third-order valence-electron chi connectivity index (χ3n) is 3.67. The van der Waals surface area contributed by atoms with Gasteiger partial charge < -0.3 is 25.4 Å². The summed E-state index contributed by atoms with van der Waals surface area (Å²) in [5, 5.41) is 3.12. The second kappa shape index (κ2) is 9.31. The zero-order valence-corrected chi connectivity index (χ0v) is 16.0. The Morgan fingerprint density at radius 2 is 2.04 bits per heavy atom. The van der Waals surface area contributed by atoms with Crippen LogP contribution in [-0.4, -0.2) is 45.2 Å². The molecule has 6 nitrogen and oxygen atoms in total. The number of rotatable bonds is 8. The molecule has 0 atom stereocenters. The van der Waals surface area contributed by atoms with Crippen LogP contribution in [0.2, 0.25) is 5.02 Å². The van der Waals surface area contributed by atoms with Gasteiger partial charge in [0.1, 0.15) is 11.5 Å². The maximum atomic E-state index is 12.6. The van der Waals surface area contributed by atoms with E-state index in [0.717, 1.165) is 13.0 Å². The Balaban J connectivity index is 2.05. The second-order valence-electron chi connectivity index (χ2n) is 6.06. The molecule has 0 unspecified atom stereocenters. The maximum absolute atomic E-state index is 12.6. The summed E-state index contributed by atoms with van der Waals surface area (Å²) < 4.78 is 10.9. The van der Waals surface area contributed by atoms with Crippen LogP contribution in [-0.2, 0) is 0 Å². The first-order chi connectivity index (χ1) is 12.4. The molecule has 0 radical (unpaired) electrons. The zero-order valence-electron chi connectivity index (χ0n) is 15.2. The van der Waals surface area contributed by atoms with E-state index in [1.54, 1.807) is 12.1 Å². The van der Waals surface area contributed by atoms with Crippen molar-refractivity contribution in [3.05, 3.63) is 47.0 Å². The minimum atomic E-state index is -0.339. The van der Waals surface area contributed by atoms with Gasteiger partial charge in [0.15, 0.2) is 0 Å². The van der Waals surface area contributed by atoms with Crippen molar-refractivity contribution in [3.8, 4) is 11.5 Å². The Labute approximate surface area is 158 Å². The predicted molar refractivity (Wildman–Crippen MR) is 105 cm³/mol. The number of nitrogens with one attached hydrogen (secondary N) is 1. The molecule has 0 aliphatic heterocycles. The van der Waals surface area contributed by atoms with E-state index in [4.69, 9.17) is 26.8 Å². The first-order valence-corrected chi connectivity index (χ1v) is 8.60. The van der Waals surface area contributed by atoms with E-state index < -0.39 is 0 Å². The van der Waals surface area contributed by atoms with Crippen LogP contribution in [0.5, 0.6) is 11.5 Å². The molecule has 1 amide bonds. The fourth-order valence-corrected chi connectivity index (χ4v) is 2.51. The fraction of sp³-hybridized carbons (Fsp3) is 0.316. The van der Waals surface area contributed by atoms with Gasteiger partial charge in [-0.25, -0.2) is 0 Å². The van der Waals surface area contributed by atoms with E-state index >= 15 is 0 Å². The van der Waals surface area contributed by atoms with Gasteiger partial charge in [0, 0.05) is 24.4 Å². The quantitative estimate of drug-likeness (QED) is 0.543. The first-order valence-electron chi connectivity index (χ1n) is 8.22. The summed E-state index contributed by atoms with van der Waals surface area (Å²) in [6.07, 6.45) is 0.921. The van der Waals surface area contributed by atoms with Crippen molar-refractivity contribution in [2.75, 3.05) is 45.4 Å². The van der Waals surface area contributed by atoms with Crippen molar-refractivity contribution in [2.24, 2.45) is 0 Å². The van der Waals surface area contributed by atoms with Gasteiger partial charge in [-0.1, -0.05) is 17.7 Å². The number of nitrogens with zero attached hydrogens (tertiary/aromatic N) is 1. The van der Waals surface area contributed by atoms with E-state index in [1.165, 1.54) is 19.2 Å². The smallest absolute Gasteiger partial charge is 0.259 e. The number of hydrogen-bond donors (Lipinski definition) is 2. The minimum Gasteiger partial charge on any atom is -0.496 e. The van der Waals surface area contributed by atoms with Crippen molar-refractivity contribution in [1.29, 1.82) is 0 Å². The van der Waals surface area contributed by atoms with Gasteiger partial charge in [-0.05, 0) is 38.7 Å². The molecule has 3 N–H and O–H groups in total. The van der Waals surface area contributed by atoms with Crippen molar-refractivity contribution >= 4 is 28.9 Å². The molecule has 0 bridgehead atoms. The van der Waals surface area contributed by atoms with Crippen molar-refractivity contribution < 1.29 is 14.3 Å². The number of anilines is 2. The van der Waals surface area contributed by atoms with E-state index in [1.807, 2.05) is 26.2 Å². The maximum Gasteiger partial charge on any atom is 0.259 e. The summed E-state index contributed by atoms with van der Waals surface area (Å²) in [4.78, 5) is 14.7. The lowest BCUT2D eigenvalue weighted by Crippen LogP contribution is -2.15. The van der Waals surface area contributed by atoms with E-state index in [9.17, 15) is 4.79 Å². The van der Waals surface area contributed by atoms with E-state index in [0.29, 0.717) is 40.1 Å². The second-order valence-corrected chi connectivity index (χ2v) is 6.47. The summed E-state index contributed by atoms with van der Waals surface area (Å²) in [7, 11) is 5.52. The summed E-state index contributed by atoms with van der Waals surface area (Å²) in [5.74, 6) is 0.720. The zero-order chi connectivity index (χ0) is 19.1. The van der Waals surface area contributed by atoms with Crippen LogP contribution in [0.3, 0.4) is 0 Å². The highest BCUT2D eigenvalue weighted by Crippen LogP contribution is 2.29. The van der Waals surface area contributed by atoms with Crippen LogP contribution >= 0.6 is 11.6 Å². The molecule has 0 aliphatic carbocycles. The van der Waals surface area contributed by atoms with Crippen molar-refractivity contribution in [2.45, 2.75) is 6.42 Å². The molecule has 2 aromatic rings. The molecule has 7 heteroatoms. The molecule has 140 valence electrons. The number of hydrogen-bond acceptors (Lipinski definition) is 5. The topological polar surface area (TPSA) is 76.8 Å². The lowest BCUT2D eigenvalue weighted by atomic mass is 10.1. The molecule has 2 aromatic carbocycles. The molecule has 0 aliphatic rings. The summed E-state index contributed by atoms with van der Waals surface area (Å²) in [5.41, 5.74) is 7.04. The van der Waals surface area contributed by atoms with Gasteiger partial charge in [0.05, 0.1) is 30.0 Å². The van der Waals surface area contributed by atoms with Gasteiger partial charge in [0.2, 0.25) is 0 Å².